The highest BCUT2D eigenvalue weighted by atomic mass is 79.9. The molecular formula is C25H18BrNO2S. The van der Waals surface area contributed by atoms with Crippen LogP contribution in [0, 0.1) is 0 Å². The predicted octanol–water partition coefficient (Wildman–Crippen LogP) is 6.83. The monoisotopic (exact) mass is 475 g/mol. The van der Waals surface area contributed by atoms with E-state index < -0.39 is 0 Å². The number of hydrogen-bond donors (Lipinski definition) is 1. The first-order chi connectivity index (χ1) is 14.6. The molecule has 30 heavy (non-hydrogen) atoms. The summed E-state index contributed by atoms with van der Waals surface area (Å²) in [6, 6.07) is 28.5. The number of nitrogens with one attached hydrogen (secondary N) is 1. The van der Waals surface area contributed by atoms with Crippen molar-refractivity contribution in [2.75, 3.05) is 11.1 Å². The lowest BCUT2D eigenvalue weighted by Crippen LogP contribution is -2.11. The van der Waals surface area contributed by atoms with Crippen molar-refractivity contribution in [3.8, 4) is 0 Å². The molecule has 0 atom stereocenters. The standard InChI is InChI=1S/C25H18BrNO2S/c26-21-12-10-18(11-13-21)24(28)16-30-23-7-3-6-22(15-23)27-25(29)20-9-8-17-4-1-2-5-19(17)14-20/h1-15H,16H2,(H,27,29). The number of anilines is 1. The number of hydrogen-bond acceptors (Lipinski definition) is 3. The molecule has 0 unspecified atom stereocenters. The van der Waals surface area contributed by atoms with E-state index in [-0.39, 0.29) is 11.7 Å². The Labute approximate surface area is 187 Å². The van der Waals surface area contributed by atoms with E-state index in [0.717, 1.165) is 20.1 Å². The van der Waals surface area contributed by atoms with E-state index >= 15 is 0 Å². The number of ketones is 1. The van der Waals surface area contributed by atoms with Gasteiger partial charge in [0, 0.05) is 26.2 Å². The molecule has 0 heterocycles. The van der Waals surface area contributed by atoms with Gasteiger partial charge in [-0.15, -0.1) is 11.8 Å². The summed E-state index contributed by atoms with van der Waals surface area (Å²) in [5.41, 5.74) is 2.00. The quantitative estimate of drug-likeness (QED) is 0.245. The fraction of sp³-hybridized carbons (Fsp3) is 0.0400. The van der Waals surface area contributed by atoms with Gasteiger partial charge in [0.05, 0.1) is 5.75 Å². The molecule has 0 saturated carbocycles. The van der Waals surface area contributed by atoms with Gasteiger partial charge >= 0.3 is 0 Å². The summed E-state index contributed by atoms with van der Waals surface area (Å²) in [6.45, 7) is 0. The third kappa shape index (κ3) is 4.99. The summed E-state index contributed by atoms with van der Waals surface area (Å²) in [7, 11) is 0. The van der Waals surface area contributed by atoms with Gasteiger partial charge in [0.1, 0.15) is 0 Å². The Hall–Kier alpha value is -2.89. The van der Waals surface area contributed by atoms with Crippen LogP contribution in [0.1, 0.15) is 20.7 Å². The predicted molar refractivity (Wildman–Crippen MR) is 128 cm³/mol. The highest BCUT2D eigenvalue weighted by molar-refractivity contribution is 9.10. The van der Waals surface area contributed by atoms with Gasteiger partial charge in [-0.05, 0) is 53.2 Å². The van der Waals surface area contributed by atoms with Crippen LogP contribution < -0.4 is 5.32 Å². The van der Waals surface area contributed by atoms with E-state index in [1.54, 1.807) is 0 Å². The summed E-state index contributed by atoms with van der Waals surface area (Å²) in [5, 5.41) is 5.07. The van der Waals surface area contributed by atoms with Crippen LogP contribution in [0.15, 0.2) is 100 Å². The molecule has 0 fully saturated rings. The lowest BCUT2D eigenvalue weighted by Gasteiger charge is -2.08. The first-order valence-electron chi connectivity index (χ1n) is 9.40. The second kappa shape index (κ2) is 9.28. The Kier molecular flexibility index (Phi) is 6.31. The number of halogens is 1. The Morgan fingerprint density at radius 3 is 2.30 bits per heavy atom. The van der Waals surface area contributed by atoms with Crippen LogP contribution in [0.25, 0.3) is 10.8 Å². The molecule has 5 heteroatoms. The second-order valence-corrected chi connectivity index (χ2v) is 8.73. The fourth-order valence-electron chi connectivity index (χ4n) is 3.07. The summed E-state index contributed by atoms with van der Waals surface area (Å²) in [4.78, 5) is 26.0. The van der Waals surface area contributed by atoms with Gasteiger partial charge in [-0.2, -0.15) is 0 Å². The number of carbonyl (C=O) groups excluding carboxylic acids is 2. The van der Waals surface area contributed by atoms with Crippen LogP contribution in [-0.4, -0.2) is 17.4 Å². The van der Waals surface area contributed by atoms with Crippen molar-refractivity contribution < 1.29 is 9.59 Å². The molecule has 0 aliphatic carbocycles. The molecule has 0 bridgehead atoms. The molecule has 0 spiro atoms. The summed E-state index contributed by atoms with van der Waals surface area (Å²) >= 11 is 4.83. The molecule has 0 aliphatic heterocycles. The first-order valence-corrected chi connectivity index (χ1v) is 11.2. The minimum Gasteiger partial charge on any atom is -0.322 e. The van der Waals surface area contributed by atoms with Gasteiger partial charge in [0.2, 0.25) is 0 Å². The largest absolute Gasteiger partial charge is 0.322 e. The molecular weight excluding hydrogens is 458 g/mol. The average Bonchev–Trinajstić information content (AvgIpc) is 2.78. The number of amides is 1. The van der Waals surface area contributed by atoms with E-state index in [9.17, 15) is 9.59 Å². The van der Waals surface area contributed by atoms with Crippen molar-refractivity contribution in [1.82, 2.24) is 0 Å². The molecule has 4 aromatic carbocycles. The zero-order valence-corrected chi connectivity index (χ0v) is 18.4. The van der Waals surface area contributed by atoms with Crippen LogP contribution in [0.4, 0.5) is 5.69 Å². The number of benzene rings is 4. The summed E-state index contributed by atoms with van der Waals surface area (Å²) < 4.78 is 0.946. The van der Waals surface area contributed by atoms with Crippen LogP contribution in [0.5, 0.6) is 0 Å². The molecule has 0 aliphatic rings. The van der Waals surface area contributed by atoms with Crippen LogP contribution in [0.2, 0.25) is 0 Å². The van der Waals surface area contributed by atoms with E-state index in [1.165, 1.54) is 11.8 Å². The maximum absolute atomic E-state index is 12.7. The van der Waals surface area contributed by atoms with E-state index in [0.29, 0.717) is 22.6 Å². The summed E-state index contributed by atoms with van der Waals surface area (Å²) in [6.07, 6.45) is 0. The van der Waals surface area contributed by atoms with Crippen molar-refractivity contribution in [2.45, 2.75) is 4.90 Å². The topological polar surface area (TPSA) is 46.2 Å². The number of Topliss-reactive ketones (excluding diaryl/α,β-unsaturated/α-hetero) is 1. The molecule has 148 valence electrons. The third-order valence-electron chi connectivity index (χ3n) is 4.64. The normalized spacial score (nSPS) is 10.7. The summed E-state index contributed by atoms with van der Waals surface area (Å²) in [5.74, 6) is 0.246. The van der Waals surface area contributed by atoms with Gasteiger partial charge in [0.25, 0.3) is 5.91 Å². The third-order valence-corrected chi connectivity index (χ3v) is 6.16. The van der Waals surface area contributed by atoms with Crippen molar-refractivity contribution in [3.63, 3.8) is 0 Å². The van der Waals surface area contributed by atoms with Crippen LogP contribution in [0.3, 0.4) is 0 Å². The van der Waals surface area contributed by atoms with Gasteiger partial charge in [-0.1, -0.05) is 64.5 Å². The van der Waals surface area contributed by atoms with Gasteiger partial charge < -0.3 is 5.32 Å². The van der Waals surface area contributed by atoms with Crippen LogP contribution >= 0.6 is 27.7 Å². The SMILES string of the molecule is O=C(CSc1cccc(NC(=O)c2ccc3ccccc3c2)c1)c1ccc(Br)cc1. The maximum atomic E-state index is 12.7. The van der Waals surface area contributed by atoms with E-state index in [2.05, 4.69) is 21.2 Å². The minimum absolute atomic E-state index is 0.0677. The highest BCUT2D eigenvalue weighted by Gasteiger charge is 2.09. The zero-order valence-electron chi connectivity index (χ0n) is 16.0. The molecule has 4 rings (SSSR count). The molecule has 1 amide bonds. The molecule has 0 radical (unpaired) electrons. The highest BCUT2D eigenvalue weighted by Crippen LogP contribution is 2.24. The zero-order chi connectivity index (χ0) is 20.9. The fourth-order valence-corrected chi connectivity index (χ4v) is 4.18. The lowest BCUT2D eigenvalue weighted by molar-refractivity contribution is 0.101. The van der Waals surface area contributed by atoms with Gasteiger partial charge in [0.15, 0.2) is 5.78 Å². The Bertz CT molecular complexity index is 1220. The van der Waals surface area contributed by atoms with Crippen molar-refractivity contribution in [2.24, 2.45) is 0 Å². The van der Waals surface area contributed by atoms with Crippen molar-refractivity contribution >= 4 is 55.8 Å². The Balaban J connectivity index is 1.41. The number of fused-ring (bicyclic) bond motifs is 1. The van der Waals surface area contributed by atoms with E-state index in [1.807, 2.05) is 91.0 Å². The molecule has 0 aromatic heterocycles. The van der Waals surface area contributed by atoms with Crippen LogP contribution in [-0.2, 0) is 0 Å². The Morgan fingerprint density at radius 1 is 0.767 bits per heavy atom. The van der Waals surface area contributed by atoms with E-state index in [4.69, 9.17) is 0 Å². The Morgan fingerprint density at radius 2 is 1.50 bits per heavy atom. The first kappa shape index (κ1) is 20.4. The van der Waals surface area contributed by atoms with Crippen molar-refractivity contribution in [1.29, 1.82) is 0 Å². The lowest BCUT2D eigenvalue weighted by atomic mass is 10.1. The molecule has 0 saturated heterocycles. The number of thioether (sulfide) groups is 1. The van der Waals surface area contributed by atoms with Gasteiger partial charge in [-0.3, -0.25) is 9.59 Å². The second-order valence-electron chi connectivity index (χ2n) is 6.76. The molecule has 4 aromatic rings. The molecule has 1 N–H and O–H groups in total. The average molecular weight is 476 g/mol. The molecule has 3 nitrogen and oxygen atoms in total. The van der Waals surface area contributed by atoms with Gasteiger partial charge in [-0.25, -0.2) is 0 Å². The number of rotatable bonds is 6. The van der Waals surface area contributed by atoms with Crippen molar-refractivity contribution in [3.05, 3.63) is 107 Å². The number of carbonyl (C=O) groups is 2. The maximum Gasteiger partial charge on any atom is 0.255 e. The smallest absolute Gasteiger partial charge is 0.255 e. The minimum atomic E-state index is -0.158.